The van der Waals surface area contributed by atoms with Gasteiger partial charge in [0, 0.05) is 65.1 Å². The van der Waals surface area contributed by atoms with Crippen molar-refractivity contribution < 1.29 is 9.53 Å². The van der Waals surface area contributed by atoms with Gasteiger partial charge < -0.3 is 19.9 Å². The number of ether oxygens (including phenoxy) is 1. The number of pyridine rings is 1. The smallest absolute Gasteiger partial charge is 0.239 e. The van der Waals surface area contributed by atoms with Crippen LogP contribution < -0.4 is 10.1 Å². The Kier molecular flexibility index (Phi) is 7.69. The van der Waals surface area contributed by atoms with E-state index < -0.39 is 0 Å². The number of piperazine rings is 1. The van der Waals surface area contributed by atoms with Crippen LogP contribution in [-0.2, 0) is 11.3 Å². The molecule has 1 atom stereocenters. The van der Waals surface area contributed by atoms with Gasteiger partial charge in [-0.1, -0.05) is 0 Å². The molecule has 0 bridgehead atoms. The number of rotatable bonds is 6. The van der Waals surface area contributed by atoms with Crippen molar-refractivity contribution in [3.8, 4) is 5.88 Å². The number of guanidine groups is 1. The number of aliphatic imine (C=N–C) groups is 1. The van der Waals surface area contributed by atoms with Gasteiger partial charge in [0.2, 0.25) is 11.8 Å². The predicted molar refractivity (Wildman–Crippen MR) is 114 cm³/mol. The molecule has 2 fully saturated rings. The van der Waals surface area contributed by atoms with Crippen molar-refractivity contribution >= 4 is 11.9 Å². The number of nitrogens with zero attached hydrogens (tertiary/aromatic N) is 5. The normalized spacial score (nSPS) is 19.3. The zero-order valence-corrected chi connectivity index (χ0v) is 17.9. The van der Waals surface area contributed by atoms with E-state index in [0.717, 1.165) is 63.6 Å². The van der Waals surface area contributed by atoms with Crippen LogP contribution in [0.3, 0.4) is 0 Å². The summed E-state index contributed by atoms with van der Waals surface area (Å²) < 4.78 is 5.47. The summed E-state index contributed by atoms with van der Waals surface area (Å²) in [5, 5.41) is 3.44. The molecule has 2 saturated heterocycles. The maximum atomic E-state index is 12.7. The van der Waals surface area contributed by atoms with Gasteiger partial charge in [-0.15, -0.1) is 0 Å². The minimum absolute atomic E-state index is 0.0426. The summed E-state index contributed by atoms with van der Waals surface area (Å²) in [5.41, 5.74) is 1.10. The van der Waals surface area contributed by atoms with E-state index in [9.17, 15) is 4.79 Å². The fourth-order valence-electron chi connectivity index (χ4n) is 3.98. The van der Waals surface area contributed by atoms with Gasteiger partial charge in [-0.05, 0) is 38.3 Å². The van der Waals surface area contributed by atoms with Crippen LogP contribution in [-0.4, -0.2) is 90.5 Å². The van der Waals surface area contributed by atoms with Crippen molar-refractivity contribution in [2.45, 2.75) is 39.3 Å². The number of aromatic nitrogens is 1. The van der Waals surface area contributed by atoms with Crippen LogP contribution in [0.4, 0.5) is 0 Å². The first-order chi connectivity index (χ1) is 14.1. The topological polar surface area (TPSA) is 73.3 Å². The molecule has 2 aliphatic heterocycles. The third kappa shape index (κ3) is 5.59. The average Bonchev–Trinajstić information content (AvgIpc) is 3.29. The Morgan fingerprint density at radius 3 is 2.59 bits per heavy atom. The predicted octanol–water partition coefficient (Wildman–Crippen LogP) is 1.18. The molecule has 0 radical (unpaired) electrons. The Balaban J connectivity index is 1.48. The van der Waals surface area contributed by atoms with Crippen molar-refractivity contribution in [2.24, 2.45) is 4.99 Å². The molecule has 3 rings (SSSR count). The minimum Gasteiger partial charge on any atom is -0.478 e. The van der Waals surface area contributed by atoms with Gasteiger partial charge in [0.05, 0.1) is 12.6 Å². The highest BCUT2D eigenvalue weighted by Crippen LogP contribution is 2.14. The van der Waals surface area contributed by atoms with E-state index >= 15 is 0 Å². The molecule has 0 aliphatic carbocycles. The van der Waals surface area contributed by atoms with Crippen LogP contribution in [0, 0.1) is 0 Å². The van der Waals surface area contributed by atoms with Crippen LogP contribution in [0.15, 0.2) is 23.3 Å². The molecule has 1 aromatic rings. The third-order valence-corrected chi connectivity index (χ3v) is 5.69. The molecule has 1 unspecified atom stereocenters. The zero-order chi connectivity index (χ0) is 20.6. The SMILES string of the molecule is CCOc1cc(CNC(=NC)N2CCN(C(C)C(=O)N3CCCC3)CC2)ccn1. The van der Waals surface area contributed by atoms with Gasteiger partial charge in [-0.2, -0.15) is 0 Å². The number of nitrogens with one attached hydrogen (secondary N) is 1. The van der Waals surface area contributed by atoms with Crippen molar-refractivity contribution in [3.63, 3.8) is 0 Å². The minimum atomic E-state index is -0.0426. The van der Waals surface area contributed by atoms with E-state index in [1.807, 2.05) is 37.9 Å². The first-order valence-corrected chi connectivity index (χ1v) is 10.7. The van der Waals surface area contributed by atoms with E-state index in [1.165, 1.54) is 0 Å². The summed E-state index contributed by atoms with van der Waals surface area (Å²) in [6.45, 7) is 10.6. The van der Waals surface area contributed by atoms with E-state index in [-0.39, 0.29) is 11.9 Å². The van der Waals surface area contributed by atoms with Gasteiger partial charge in [-0.3, -0.25) is 14.7 Å². The third-order valence-electron chi connectivity index (χ3n) is 5.69. The highest BCUT2D eigenvalue weighted by Gasteiger charge is 2.30. The second kappa shape index (κ2) is 10.4. The number of amides is 1. The molecule has 0 aromatic carbocycles. The summed E-state index contributed by atoms with van der Waals surface area (Å²) in [6, 6.07) is 3.89. The molecular weight excluding hydrogens is 368 g/mol. The van der Waals surface area contributed by atoms with Gasteiger partial charge in [0.15, 0.2) is 5.96 Å². The Bertz CT molecular complexity index is 696. The molecular formula is C21H34N6O2. The molecule has 2 aliphatic rings. The average molecular weight is 403 g/mol. The Hall–Kier alpha value is -2.35. The van der Waals surface area contributed by atoms with Gasteiger partial charge in [0.25, 0.3) is 0 Å². The van der Waals surface area contributed by atoms with Crippen LogP contribution in [0.1, 0.15) is 32.3 Å². The molecule has 1 amide bonds. The Labute approximate surface area is 173 Å². The lowest BCUT2D eigenvalue weighted by Crippen LogP contribution is -2.57. The maximum Gasteiger partial charge on any atom is 0.239 e. The van der Waals surface area contributed by atoms with Crippen LogP contribution >= 0.6 is 0 Å². The molecule has 160 valence electrons. The molecule has 0 saturated carbocycles. The molecule has 29 heavy (non-hydrogen) atoms. The highest BCUT2D eigenvalue weighted by molar-refractivity contribution is 5.82. The summed E-state index contributed by atoms with van der Waals surface area (Å²) >= 11 is 0. The quantitative estimate of drug-likeness (QED) is 0.569. The first kappa shape index (κ1) is 21.4. The summed E-state index contributed by atoms with van der Waals surface area (Å²) in [6.07, 6.45) is 4.04. The van der Waals surface area contributed by atoms with Crippen LogP contribution in [0.2, 0.25) is 0 Å². The number of carbonyl (C=O) groups excluding carboxylic acids is 1. The summed E-state index contributed by atoms with van der Waals surface area (Å²) in [4.78, 5) is 27.9. The van der Waals surface area contributed by atoms with Gasteiger partial charge in [-0.25, -0.2) is 4.98 Å². The summed E-state index contributed by atoms with van der Waals surface area (Å²) in [5.74, 6) is 1.81. The van der Waals surface area contributed by atoms with Crippen molar-refractivity contribution in [1.29, 1.82) is 0 Å². The second-order valence-corrected chi connectivity index (χ2v) is 7.57. The number of hydrogen-bond acceptors (Lipinski definition) is 5. The fourth-order valence-corrected chi connectivity index (χ4v) is 3.98. The molecule has 8 heteroatoms. The lowest BCUT2D eigenvalue weighted by molar-refractivity contribution is -0.135. The fraction of sp³-hybridized carbons (Fsp3) is 0.667. The molecule has 0 spiro atoms. The summed E-state index contributed by atoms with van der Waals surface area (Å²) in [7, 11) is 1.81. The Morgan fingerprint density at radius 1 is 1.21 bits per heavy atom. The van der Waals surface area contributed by atoms with Crippen molar-refractivity contribution in [1.82, 2.24) is 25.0 Å². The van der Waals surface area contributed by atoms with E-state index in [0.29, 0.717) is 19.0 Å². The second-order valence-electron chi connectivity index (χ2n) is 7.57. The van der Waals surface area contributed by atoms with Crippen molar-refractivity contribution in [3.05, 3.63) is 23.9 Å². The molecule has 1 aromatic heterocycles. The first-order valence-electron chi connectivity index (χ1n) is 10.7. The van der Waals surface area contributed by atoms with E-state index in [4.69, 9.17) is 4.74 Å². The van der Waals surface area contributed by atoms with Crippen molar-refractivity contribution in [2.75, 3.05) is 52.9 Å². The number of hydrogen-bond donors (Lipinski definition) is 1. The Morgan fingerprint density at radius 2 is 1.93 bits per heavy atom. The maximum absolute atomic E-state index is 12.7. The monoisotopic (exact) mass is 402 g/mol. The number of likely N-dealkylation sites (tertiary alicyclic amines) is 1. The molecule has 1 N–H and O–H groups in total. The largest absolute Gasteiger partial charge is 0.478 e. The lowest BCUT2D eigenvalue weighted by atomic mass is 10.2. The van der Waals surface area contributed by atoms with Gasteiger partial charge >= 0.3 is 0 Å². The van der Waals surface area contributed by atoms with Gasteiger partial charge in [0.1, 0.15) is 0 Å². The molecule has 8 nitrogen and oxygen atoms in total. The van der Waals surface area contributed by atoms with Crippen LogP contribution in [0.25, 0.3) is 0 Å². The van der Waals surface area contributed by atoms with E-state index in [1.54, 1.807) is 6.20 Å². The highest BCUT2D eigenvalue weighted by atomic mass is 16.5. The zero-order valence-electron chi connectivity index (χ0n) is 17.9. The van der Waals surface area contributed by atoms with Crippen LogP contribution in [0.5, 0.6) is 5.88 Å². The standard InChI is InChI=1S/C21H34N6O2/c1-4-29-19-15-18(7-8-23-19)16-24-21(22-3)27-13-11-25(12-14-27)17(2)20(28)26-9-5-6-10-26/h7-8,15,17H,4-6,9-14,16H2,1-3H3,(H,22,24). The lowest BCUT2D eigenvalue weighted by Gasteiger charge is -2.39. The molecule has 3 heterocycles. The number of carbonyl (C=O) groups is 1. The van der Waals surface area contributed by atoms with E-state index in [2.05, 4.69) is 25.1 Å².